The van der Waals surface area contributed by atoms with E-state index in [1.165, 1.54) is 31.4 Å². The fourth-order valence-electron chi connectivity index (χ4n) is 4.05. The molecule has 10 heteroatoms. The highest BCUT2D eigenvalue weighted by molar-refractivity contribution is 7.80. The molecular formula is C24H23N3O6S. The summed E-state index contributed by atoms with van der Waals surface area (Å²) in [7, 11) is 3.07. The maximum atomic E-state index is 13.3. The Morgan fingerprint density at radius 2 is 1.79 bits per heavy atom. The van der Waals surface area contributed by atoms with E-state index in [0.29, 0.717) is 17.1 Å². The molecule has 9 nitrogen and oxygen atoms in total. The predicted molar refractivity (Wildman–Crippen MR) is 131 cm³/mol. The zero-order chi connectivity index (χ0) is 24.4. The molecule has 0 aliphatic carbocycles. The van der Waals surface area contributed by atoms with Crippen molar-refractivity contribution in [1.29, 1.82) is 0 Å². The van der Waals surface area contributed by atoms with Gasteiger partial charge in [0.15, 0.2) is 5.11 Å². The summed E-state index contributed by atoms with van der Waals surface area (Å²) in [5.74, 6) is -1.42. The number of carbonyl (C=O) groups is 3. The second-order valence-electron chi connectivity index (χ2n) is 7.77. The maximum Gasteiger partial charge on any atom is 0.335 e. The van der Waals surface area contributed by atoms with Gasteiger partial charge in [-0.15, -0.1) is 0 Å². The topological polar surface area (TPSA) is 108 Å². The molecule has 0 radical (unpaired) electrons. The summed E-state index contributed by atoms with van der Waals surface area (Å²) in [6.07, 6.45) is 3.60. The van der Waals surface area contributed by atoms with Gasteiger partial charge in [-0.25, -0.2) is 4.79 Å². The number of carboxylic acid groups (broad SMARTS) is 1. The van der Waals surface area contributed by atoms with E-state index in [4.69, 9.17) is 21.7 Å². The van der Waals surface area contributed by atoms with Crippen LogP contribution < -0.4 is 24.6 Å². The minimum absolute atomic E-state index is 0.0144. The zero-order valence-electron chi connectivity index (χ0n) is 18.7. The van der Waals surface area contributed by atoms with Crippen molar-refractivity contribution in [2.24, 2.45) is 0 Å². The fourth-order valence-corrected chi connectivity index (χ4v) is 4.33. The molecule has 2 aliphatic heterocycles. The Balaban J connectivity index is 1.76. The first-order chi connectivity index (χ1) is 16.3. The third kappa shape index (κ3) is 4.32. The molecule has 0 saturated carbocycles. The lowest BCUT2D eigenvalue weighted by molar-refractivity contribution is -0.122. The van der Waals surface area contributed by atoms with Crippen LogP contribution in [0.25, 0.3) is 6.08 Å². The number of nitrogens with one attached hydrogen (secondary N) is 1. The van der Waals surface area contributed by atoms with Crippen LogP contribution in [0.3, 0.4) is 0 Å². The highest BCUT2D eigenvalue weighted by Gasteiger charge is 2.35. The van der Waals surface area contributed by atoms with E-state index >= 15 is 0 Å². The van der Waals surface area contributed by atoms with Crippen LogP contribution in [0.4, 0.5) is 11.4 Å². The van der Waals surface area contributed by atoms with Gasteiger partial charge in [-0.3, -0.25) is 19.8 Å². The molecule has 2 N–H and O–H groups in total. The van der Waals surface area contributed by atoms with Gasteiger partial charge >= 0.3 is 5.97 Å². The number of amides is 2. The van der Waals surface area contributed by atoms with Crippen LogP contribution in [0.1, 0.15) is 28.8 Å². The second kappa shape index (κ2) is 9.52. The number of nitrogens with zero attached hydrogens (tertiary/aromatic N) is 2. The van der Waals surface area contributed by atoms with Crippen LogP contribution in [0.2, 0.25) is 0 Å². The maximum absolute atomic E-state index is 13.3. The molecule has 4 rings (SSSR count). The van der Waals surface area contributed by atoms with Crippen molar-refractivity contribution in [3.05, 3.63) is 53.1 Å². The van der Waals surface area contributed by atoms with Gasteiger partial charge in [0.05, 0.1) is 31.2 Å². The smallest absolute Gasteiger partial charge is 0.335 e. The summed E-state index contributed by atoms with van der Waals surface area (Å²) in [6.45, 7) is 1.81. The number of thiocarbonyl (C=S) groups is 1. The molecule has 2 aromatic rings. The van der Waals surface area contributed by atoms with Gasteiger partial charge in [0.2, 0.25) is 0 Å². The third-order valence-corrected chi connectivity index (χ3v) is 6.02. The molecule has 2 fully saturated rings. The van der Waals surface area contributed by atoms with Crippen molar-refractivity contribution in [3.63, 3.8) is 0 Å². The predicted octanol–water partition coefficient (Wildman–Crippen LogP) is 2.83. The molecule has 0 atom stereocenters. The molecule has 0 bridgehead atoms. The van der Waals surface area contributed by atoms with E-state index in [1.807, 2.05) is 6.07 Å². The van der Waals surface area contributed by atoms with Gasteiger partial charge in [-0.05, 0) is 55.4 Å². The summed E-state index contributed by atoms with van der Waals surface area (Å²) in [6, 6.07) is 9.32. The minimum Gasteiger partial charge on any atom is -0.496 e. The normalized spacial score (nSPS) is 17.2. The molecule has 0 spiro atoms. The number of anilines is 2. The lowest BCUT2D eigenvalue weighted by Gasteiger charge is -2.29. The van der Waals surface area contributed by atoms with Crippen LogP contribution >= 0.6 is 12.2 Å². The molecule has 176 valence electrons. The molecule has 34 heavy (non-hydrogen) atoms. The van der Waals surface area contributed by atoms with Crippen LogP contribution in [0.5, 0.6) is 11.5 Å². The quantitative estimate of drug-likeness (QED) is 0.368. The van der Waals surface area contributed by atoms with Crippen LogP contribution in [-0.2, 0) is 9.59 Å². The Morgan fingerprint density at radius 1 is 1.09 bits per heavy atom. The molecule has 2 heterocycles. The molecule has 2 aromatic carbocycles. The SMILES string of the molecule is COc1cc(N2CCCC2)c(OC)cc1C=C1C(=O)NC(=S)N(c2cccc(C(=O)O)c2)C1=O. The van der Waals surface area contributed by atoms with Gasteiger partial charge in [-0.2, -0.15) is 0 Å². The number of aromatic carboxylic acids is 1. The first-order valence-corrected chi connectivity index (χ1v) is 11.0. The van der Waals surface area contributed by atoms with Crippen molar-refractivity contribution in [3.8, 4) is 11.5 Å². The second-order valence-corrected chi connectivity index (χ2v) is 8.16. The molecule has 2 amide bonds. The largest absolute Gasteiger partial charge is 0.496 e. The van der Waals surface area contributed by atoms with Crippen LogP contribution in [-0.4, -0.2) is 55.3 Å². The third-order valence-electron chi connectivity index (χ3n) is 5.73. The number of rotatable bonds is 6. The number of hydrogen-bond acceptors (Lipinski definition) is 7. The number of hydrogen-bond donors (Lipinski definition) is 2. The average molecular weight is 482 g/mol. The van der Waals surface area contributed by atoms with E-state index in [1.54, 1.807) is 19.2 Å². The van der Waals surface area contributed by atoms with Gasteiger partial charge in [0, 0.05) is 24.7 Å². The molecule has 2 aliphatic rings. The highest BCUT2D eigenvalue weighted by Crippen LogP contribution is 2.38. The van der Waals surface area contributed by atoms with Gasteiger partial charge in [0.1, 0.15) is 17.1 Å². The monoisotopic (exact) mass is 481 g/mol. The van der Waals surface area contributed by atoms with Crippen LogP contribution in [0.15, 0.2) is 42.0 Å². The van der Waals surface area contributed by atoms with Crippen molar-refractivity contribution >= 4 is 52.6 Å². The average Bonchev–Trinajstić information content (AvgIpc) is 3.36. The number of carbonyl (C=O) groups excluding carboxylic acids is 2. The highest BCUT2D eigenvalue weighted by atomic mass is 32.1. The number of ether oxygens (including phenoxy) is 2. The first-order valence-electron chi connectivity index (χ1n) is 10.6. The molecule has 2 saturated heterocycles. The summed E-state index contributed by atoms with van der Waals surface area (Å²) in [5, 5.41) is 11.7. The van der Waals surface area contributed by atoms with Crippen molar-refractivity contribution in [2.45, 2.75) is 12.8 Å². The summed E-state index contributed by atoms with van der Waals surface area (Å²) < 4.78 is 11.1. The summed E-state index contributed by atoms with van der Waals surface area (Å²) in [5.41, 5.74) is 1.40. The summed E-state index contributed by atoms with van der Waals surface area (Å²) >= 11 is 5.20. The lowest BCUT2D eigenvalue weighted by Crippen LogP contribution is -2.54. The van der Waals surface area contributed by atoms with E-state index in [0.717, 1.165) is 36.5 Å². The van der Waals surface area contributed by atoms with Gasteiger partial charge < -0.3 is 19.5 Å². The number of benzene rings is 2. The van der Waals surface area contributed by atoms with E-state index < -0.39 is 17.8 Å². The van der Waals surface area contributed by atoms with Crippen LogP contribution in [0, 0.1) is 0 Å². The van der Waals surface area contributed by atoms with Crippen molar-refractivity contribution in [1.82, 2.24) is 5.32 Å². The standard InChI is InChI=1S/C24H23N3O6S/c1-32-19-13-18(26-8-3-4-9-26)20(33-2)12-15(19)11-17-21(28)25-24(34)27(22(17)29)16-7-5-6-14(10-16)23(30)31/h5-7,10-13H,3-4,8-9H2,1-2H3,(H,30,31)(H,25,28,34). The van der Waals surface area contributed by atoms with Crippen molar-refractivity contribution in [2.75, 3.05) is 37.1 Å². The zero-order valence-corrected chi connectivity index (χ0v) is 19.5. The summed E-state index contributed by atoms with van der Waals surface area (Å²) in [4.78, 5) is 40.7. The molecule has 0 unspecified atom stereocenters. The van der Waals surface area contributed by atoms with Gasteiger partial charge in [-0.1, -0.05) is 6.07 Å². The Kier molecular flexibility index (Phi) is 6.51. The molecular weight excluding hydrogens is 458 g/mol. The Morgan fingerprint density at radius 3 is 2.44 bits per heavy atom. The molecule has 0 aromatic heterocycles. The Hall–Kier alpha value is -3.92. The first kappa shape index (κ1) is 23.2. The Labute approximate surface area is 201 Å². The van der Waals surface area contributed by atoms with E-state index in [-0.39, 0.29) is 21.9 Å². The van der Waals surface area contributed by atoms with E-state index in [2.05, 4.69) is 10.2 Å². The number of carboxylic acids is 1. The number of methoxy groups -OCH3 is 2. The Bertz CT molecular complexity index is 1220. The fraction of sp³-hybridized carbons (Fsp3) is 0.250. The van der Waals surface area contributed by atoms with Gasteiger partial charge in [0.25, 0.3) is 11.8 Å². The van der Waals surface area contributed by atoms with Crippen molar-refractivity contribution < 1.29 is 29.0 Å². The lowest BCUT2D eigenvalue weighted by atomic mass is 10.0. The minimum atomic E-state index is -1.15. The van der Waals surface area contributed by atoms with E-state index in [9.17, 15) is 19.5 Å².